The summed E-state index contributed by atoms with van der Waals surface area (Å²) >= 11 is 0. The van der Waals surface area contributed by atoms with E-state index in [1.54, 1.807) is 6.92 Å². The molecule has 0 aromatic rings. The summed E-state index contributed by atoms with van der Waals surface area (Å²) in [5.41, 5.74) is 0.518. The van der Waals surface area contributed by atoms with Crippen LogP contribution in [-0.4, -0.2) is 61.4 Å². The molecule has 2 aliphatic rings. The van der Waals surface area contributed by atoms with Crippen molar-refractivity contribution in [2.45, 2.75) is 32.3 Å². The highest BCUT2D eigenvalue weighted by Gasteiger charge is 2.38. The fourth-order valence-electron chi connectivity index (χ4n) is 3.01. The molecule has 0 saturated carbocycles. The van der Waals surface area contributed by atoms with Crippen molar-refractivity contribution in [3.05, 3.63) is 0 Å². The van der Waals surface area contributed by atoms with Crippen molar-refractivity contribution in [1.82, 2.24) is 10.2 Å². The first kappa shape index (κ1) is 13.8. The average molecular weight is 256 g/mol. The zero-order valence-electron chi connectivity index (χ0n) is 11.2. The molecule has 5 heteroatoms. The maximum absolute atomic E-state index is 10.6. The van der Waals surface area contributed by atoms with Gasteiger partial charge in [-0.3, -0.25) is 0 Å². The molecular formula is C13H24N2O3. The van der Waals surface area contributed by atoms with Crippen LogP contribution in [0.5, 0.6) is 0 Å². The molecule has 104 valence electrons. The average Bonchev–Trinajstić information content (AvgIpc) is 2.73. The van der Waals surface area contributed by atoms with E-state index >= 15 is 0 Å². The summed E-state index contributed by atoms with van der Waals surface area (Å²) in [5, 5.41) is 12.1. The number of aliphatic carboxylic acids is 1. The van der Waals surface area contributed by atoms with Crippen molar-refractivity contribution < 1.29 is 14.6 Å². The van der Waals surface area contributed by atoms with E-state index in [2.05, 4.69) is 10.2 Å². The van der Waals surface area contributed by atoms with Gasteiger partial charge >= 0.3 is 5.97 Å². The van der Waals surface area contributed by atoms with Gasteiger partial charge in [-0.15, -0.1) is 0 Å². The first-order valence-corrected chi connectivity index (χ1v) is 6.89. The predicted molar refractivity (Wildman–Crippen MR) is 68.6 cm³/mol. The van der Waals surface area contributed by atoms with Gasteiger partial charge in [-0.2, -0.15) is 0 Å². The van der Waals surface area contributed by atoms with E-state index in [1.807, 2.05) is 0 Å². The Morgan fingerprint density at radius 2 is 2.17 bits per heavy atom. The Morgan fingerprint density at radius 3 is 2.83 bits per heavy atom. The third-order valence-electron chi connectivity index (χ3n) is 4.30. The number of carboxylic acids is 1. The van der Waals surface area contributed by atoms with Gasteiger partial charge in [-0.05, 0) is 51.2 Å². The Hall–Kier alpha value is -0.650. The second kappa shape index (κ2) is 5.99. The van der Waals surface area contributed by atoms with E-state index in [0.29, 0.717) is 12.0 Å². The Morgan fingerprint density at radius 1 is 1.44 bits per heavy atom. The molecule has 0 aromatic heterocycles. The third-order valence-corrected chi connectivity index (χ3v) is 4.30. The largest absolute Gasteiger partial charge is 0.479 e. The molecular weight excluding hydrogens is 232 g/mol. The molecule has 2 N–H and O–H groups in total. The number of nitrogens with one attached hydrogen (secondary N) is 1. The van der Waals surface area contributed by atoms with Gasteiger partial charge in [0.15, 0.2) is 6.10 Å². The summed E-state index contributed by atoms with van der Waals surface area (Å²) in [5.74, 6) is -0.883. The Kier molecular flexibility index (Phi) is 4.59. The lowest BCUT2D eigenvalue weighted by Crippen LogP contribution is -2.39. The summed E-state index contributed by atoms with van der Waals surface area (Å²) < 4.78 is 5.29. The minimum Gasteiger partial charge on any atom is -0.479 e. The lowest BCUT2D eigenvalue weighted by Gasteiger charge is -2.33. The first-order valence-electron chi connectivity index (χ1n) is 6.89. The summed E-state index contributed by atoms with van der Waals surface area (Å²) in [7, 11) is 0. The molecule has 18 heavy (non-hydrogen) atoms. The highest BCUT2D eigenvalue weighted by molar-refractivity contribution is 5.71. The lowest BCUT2D eigenvalue weighted by atomic mass is 9.78. The molecule has 2 heterocycles. The molecule has 2 saturated heterocycles. The van der Waals surface area contributed by atoms with Crippen LogP contribution >= 0.6 is 0 Å². The summed E-state index contributed by atoms with van der Waals surface area (Å²) in [6, 6.07) is 0. The SMILES string of the molecule is CC(OCCN1CCC2(CCNCC2)C1)C(=O)O. The fourth-order valence-corrected chi connectivity index (χ4v) is 3.01. The normalized spacial score (nSPS) is 25.4. The molecule has 5 nitrogen and oxygen atoms in total. The van der Waals surface area contributed by atoms with Crippen LogP contribution in [0.4, 0.5) is 0 Å². The number of nitrogens with zero attached hydrogens (tertiary/aromatic N) is 1. The number of likely N-dealkylation sites (tertiary alicyclic amines) is 1. The zero-order valence-corrected chi connectivity index (χ0v) is 11.2. The summed E-state index contributed by atoms with van der Waals surface area (Å²) in [6.45, 7) is 7.51. The first-order chi connectivity index (χ1) is 8.61. The van der Waals surface area contributed by atoms with Gasteiger partial charge in [0, 0.05) is 13.1 Å². The van der Waals surface area contributed by atoms with Crippen LogP contribution in [0.2, 0.25) is 0 Å². The van der Waals surface area contributed by atoms with Crippen LogP contribution in [0.15, 0.2) is 0 Å². The number of carbonyl (C=O) groups is 1. The quantitative estimate of drug-likeness (QED) is 0.752. The van der Waals surface area contributed by atoms with Crippen molar-refractivity contribution in [3.63, 3.8) is 0 Å². The number of piperidine rings is 1. The predicted octanol–water partition coefficient (Wildman–Crippen LogP) is 0.552. The van der Waals surface area contributed by atoms with Crippen molar-refractivity contribution in [2.24, 2.45) is 5.41 Å². The van der Waals surface area contributed by atoms with Gasteiger partial charge in [0.05, 0.1) is 6.61 Å². The van der Waals surface area contributed by atoms with Gasteiger partial charge in [-0.1, -0.05) is 0 Å². The minimum absolute atomic E-state index is 0.516. The Bertz CT molecular complexity index is 290. The van der Waals surface area contributed by atoms with E-state index in [0.717, 1.165) is 32.7 Å². The molecule has 0 bridgehead atoms. The molecule has 2 rings (SSSR count). The Labute approximate surface area is 108 Å². The molecule has 1 spiro atoms. The number of hydrogen-bond donors (Lipinski definition) is 2. The van der Waals surface area contributed by atoms with Crippen LogP contribution in [0.1, 0.15) is 26.2 Å². The number of rotatable bonds is 5. The highest BCUT2D eigenvalue weighted by Crippen LogP contribution is 2.38. The maximum atomic E-state index is 10.6. The molecule has 0 amide bonds. The smallest absolute Gasteiger partial charge is 0.332 e. The third kappa shape index (κ3) is 3.43. The van der Waals surface area contributed by atoms with Gasteiger partial charge in [0.2, 0.25) is 0 Å². The van der Waals surface area contributed by atoms with Gasteiger partial charge in [-0.25, -0.2) is 4.79 Å². The van der Waals surface area contributed by atoms with E-state index in [9.17, 15) is 4.79 Å². The maximum Gasteiger partial charge on any atom is 0.332 e. The van der Waals surface area contributed by atoms with E-state index in [-0.39, 0.29) is 0 Å². The van der Waals surface area contributed by atoms with E-state index in [1.165, 1.54) is 19.3 Å². The molecule has 1 unspecified atom stereocenters. The van der Waals surface area contributed by atoms with E-state index in [4.69, 9.17) is 9.84 Å². The van der Waals surface area contributed by atoms with Crippen LogP contribution in [-0.2, 0) is 9.53 Å². The Balaban J connectivity index is 1.68. The van der Waals surface area contributed by atoms with E-state index < -0.39 is 12.1 Å². The number of hydrogen-bond acceptors (Lipinski definition) is 4. The molecule has 1 atom stereocenters. The number of carboxylic acid groups (broad SMARTS) is 1. The zero-order chi connectivity index (χ0) is 13.0. The molecule has 2 aliphatic heterocycles. The second-order valence-electron chi connectivity index (χ2n) is 5.63. The lowest BCUT2D eigenvalue weighted by molar-refractivity contribution is -0.149. The second-order valence-corrected chi connectivity index (χ2v) is 5.63. The fraction of sp³-hybridized carbons (Fsp3) is 0.923. The van der Waals surface area contributed by atoms with Gasteiger partial charge in [0.25, 0.3) is 0 Å². The van der Waals surface area contributed by atoms with Crippen LogP contribution in [0.25, 0.3) is 0 Å². The topological polar surface area (TPSA) is 61.8 Å². The summed E-state index contributed by atoms with van der Waals surface area (Å²) in [4.78, 5) is 13.0. The molecule has 2 fully saturated rings. The van der Waals surface area contributed by atoms with Crippen molar-refractivity contribution >= 4 is 5.97 Å². The van der Waals surface area contributed by atoms with Crippen LogP contribution in [0.3, 0.4) is 0 Å². The standard InChI is InChI=1S/C13H24N2O3/c1-11(12(16)17)18-9-8-15-7-4-13(10-15)2-5-14-6-3-13/h11,14H,2-10H2,1H3,(H,16,17). The van der Waals surface area contributed by atoms with Crippen molar-refractivity contribution in [3.8, 4) is 0 Å². The van der Waals surface area contributed by atoms with Crippen molar-refractivity contribution in [1.29, 1.82) is 0 Å². The molecule has 0 aromatic carbocycles. The minimum atomic E-state index is -0.883. The van der Waals surface area contributed by atoms with Crippen molar-refractivity contribution in [2.75, 3.05) is 39.3 Å². The summed E-state index contributed by atoms with van der Waals surface area (Å²) in [6.07, 6.45) is 3.13. The number of ether oxygens (including phenoxy) is 1. The highest BCUT2D eigenvalue weighted by atomic mass is 16.5. The molecule has 0 aliphatic carbocycles. The monoisotopic (exact) mass is 256 g/mol. The van der Waals surface area contributed by atoms with Crippen LogP contribution < -0.4 is 5.32 Å². The van der Waals surface area contributed by atoms with Gasteiger partial charge < -0.3 is 20.1 Å². The molecule has 0 radical (unpaired) electrons. The van der Waals surface area contributed by atoms with Gasteiger partial charge in [0.1, 0.15) is 0 Å². The van der Waals surface area contributed by atoms with Crippen LogP contribution in [0, 0.1) is 5.41 Å².